The van der Waals surface area contributed by atoms with Gasteiger partial charge in [0.25, 0.3) is 0 Å². The number of aromatic hydroxyl groups is 1. The number of ether oxygens (including phenoxy) is 1. The average Bonchev–Trinajstić information content (AvgIpc) is 2.46. The Morgan fingerprint density at radius 3 is 2.85 bits per heavy atom. The second-order valence-corrected chi connectivity index (χ2v) is 3.82. The van der Waals surface area contributed by atoms with E-state index in [0.717, 1.165) is 10.1 Å². The number of thiophene rings is 1. The fourth-order valence-electron chi connectivity index (χ4n) is 1.23. The summed E-state index contributed by atoms with van der Waals surface area (Å²) >= 11 is 1.43. The molecule has 1 aromatic heterocycles. The quantitative estimate of drug-likeness (QED) is 0.733. The van der Waals surface area contributed by atoms with Gasteiger partial charge in [0.05, 0.1) is 12.1 Å². The molecular weight excluding hydrogens is 186 g/mol. The molecule has 0 saturated carbocycles. The van der Waals surface area contributed by atoms with Gasteiger partial charge in [0.15, 0.2) is 0 Å². The molecule has 1 heterocycles. The summed E-state index contributed by atoms with van der Waals surface area (Å²) in [5.74, 6) is 0.856. The molecule has 0 saturated heterocycles. The third-order valence-electron chi connectivity index (χ3n) is 1.84. The fraction of sp³-hybridized carbons (Fsp3) is 0.111. The normalized spacial score (nSPS) is 10.5. The highest BCUT2D eigenvalue weighted by Gasteiger charge is 2.06. The highest BCUT2D eigenvalue weighted by molar-refractivity contribution is 7.22. The number of nitrogen functional groups attached to an aromatic ring is 1. The van der Waals surface area contributed by atoms with Crippen LogP contribution in [0.1, 0.15) is 0 Å². The summed E-state index contributed by atoms with van der Waals surface area (Å²) in [7, 11) is 1.57. The molecule has 0 aliphatic rings. The summed E-state index contributed by atoms with van der Waals surface area (Å²) in [5, 5.41) is 11.0. The Labute approximate surface area is 79.4 Å². The predicted molar refractivity (Wildman–Crippen MR) is 54.5 cm³/mol. The summed E-state index contributed by atoms with van der Waals surface area (Å²) < 4.78 is 5.96. The number of nitrogens with two attached hydrogens (primary N) is 1. The van der Waals surface area contributed by atoms with Crippen molar-refractivity contribution >= 4 is 26.4 Å². The van der Waals surface area contributed by atoms with Crippen molar-refractivity contribution in [3.63, 3.8) is 0 Å². The summed E-state index contributed by atoms with van der Waals surface area (Å²) in [5.41, 5.74) is 5.62. The van der Waals surface area contributed by atoms with Crippen LogP contribution in [0.15, 0.2) is 18.2 Å². The molecule has 3 nitrogen and oxygen atoms in total. The van der Waals surface area contributed by atoms with Crippen LogP contribution < -0.4 is 10.5 Å². The number of hydrogen-bond acceptors (Lipinski definition) is 4. The van der Waals surface area contributed by atoms with Gasteiger partial charge in [-0.25, -0.2) is 0 Å². The number of methoxy groups -OCH3 is 1. The van der Waals surface area contributed by atoms with E-state index in [0.29, 0.717) is 10.8 Å². The summed E-state index contributed by atoms with van der Waals surface area (Å²) in [6, 6.07) is 5.19. The first kappa shape index (κ1) is 8.19. The van der Waals surface area contributed by atoms with Crippen molar-refractivity contribution in [2.45, 2.75) is 0 Å². The maximum atomic E-state index is 9.57. The van der Waals surface area contributed by atoms with Crippen LogP contribution in [0.2, 0.25) is 0 Å². The van der Waals surface area contributed by atoms with Crippen LogP contribution in [0, 0.1) is 0 Å². The lowest BCUT2D eigenvalue weighted by Gasteiger charge is -2.00. The van der Waals surface area contributed by atoms with E-state index >= 15 is 0 Å². The number of phenolic OH excluding ortho intramolecular Hbond substituents is 1. The first-order valence-corrected chi connectivity index (χ1v) is 4.58. The maximum absolute atomic E-state index is 9.57. The molecule has 2 rings (SSSR count). The second kappa shape index (κ2) is 2.81. The van der Waals surface area contributed by atoms with Gasteiger partial charge in [-0.3, -0.25) is 0 Å². The third kappa shape index (κ3) is 1.29. The molecule has 0 amide bonds. The van der Waals surface area contributed by atoms with Crippen molar-refractivity contribution in [2.75, 3.05) is 12.8 Å². The van der Waals surface area contributed by atoms with Crippen molar-refractivity contribution in [1.29, 1.82) is 0 Å². The molecule has 0 radical (unpaired) electrons. The molecule has 0 aliphatic carbocycles. The average molecular weight is 195 g/mol. The number of rotatable bonds is 1. The number of fused-ring (bicyclic) bond motifs is 1. The fourth-order valence-corrected chi connectivity index (χ4v) is 2.11. The van der Waals surface area contributed by atoms with Crippen LogP contribution in [-0.2, 0) is 0 Å². The zero-order valence-electron chi connectivity index (χ0n) is 7.07. The molecule has 0 bridgehead atoms. The third-order valence-corrected chi connectivity index (χ3v) is 2.76. The zero-order valence-corrected chi connectivity index (χ0v) is 7.89. The van der Waals surface area contributed by atoms with Crippen molar-refractivity contribution in [1.82, 2.24) is 0 Å². The molecule has 68 valence electrons. The van der Waals surface area contributed by atoms with Gasteiger partial charge in [-0.05, 0) is 12.1 Å². The minimum atomic E-state index is 0.210. The molecule has 4 heteroatoms. The lowest BCUT2D eigenvalue weighted by atomic mass is 10.2. The summed E-state index contributed by atoms with van der Waals surface area (Å²) in [6.45, 7) is 0. The van der Waals surface area contributed by atoms with Gasteiger partial charge in [-0.1, -0.05) is 0 Å². The molecule has 13 heavy (non-hydrogen) atoms. The molecule has 0 atom stereocenters. The molecular formula is C9H9NO2S. The van der Waals surface area contributed by atoms with E-state index < -0.39 is 0 Å². The molecule has 1 aromatic carbocycles. The maximum Gasteiger partial charge on any atom is 0.128 e. The van der Waals surface area contributed by atoms with Crippen molar-refractivity contribution in [3.8, 4) is 11.5 Å². The number of benzene rings is 1. The van der Waals surface area contributed by atoms with Gasteiger partial charge in [0.1, 0.15) is 11.5 Å². The van der Waals surface area contributed by atoms with Crippen molar-refractivity contribution in [2.24, 2.45) is 0 Å². The molecule has 0 unspecified atom stereocenters. The van der Waals surface area contributed by atoms with Crippen molar-refractivity contribution < 1.29 is 9.84 Å². The molecule has 0 aliphatic heterocycles. The van der Waals surface area contributed by atoms with E-state index in [4.69, 9.17) is 10.5 Å². The minimum Gasteiger partial charge on any atom is -0.507 e. The molecule has 0 fully saturated rings. The Morgan fingerprint density at radius 2 is 2.15 bits per heavy atom. The van der Waals surface area contributed by atoms with Gasteiger partial charge in [-0.15, -0.1) is 11.3 Å². The zero-order chi connectivity index (χ0) is 9.42. The second-order valence-electron chi connectivity index (χ2n) is 2.71. The Bertz CT molecular complexity index is 450. The van der Waals surface area contributed by atoms with E-state index in [2.05, 4.69) is 0 Å². The molecule has 2 aromatic rings. The highest BCUT2D eigenvalue weighted by Crippen LogP contribution is 2.36. The van der Waals surface area contributed by atoms with Crippen LogP contribution in [-0.4, -0.2) is 12.2 Å². The topological polar surface area (TPSA) is 55.5 Å². The van der Waals surface area contributed by atoms with Crippen LogP contribution >= 0.6 is 11.3 Å². The predicted octanol–water partition coefficient (Wildman–Crippen LogP) is 2.20. The van der Waals surface area contributed by atoms with Crippen LogP contribution in [0.5, 0.6) is 11.5 Å². The number of anilines is 1. The number of hydrogen-bond donors (Lipinski definition) is 2. The van der Waals surface area contributed by atoms with E-state index in [9.17, 15) is 5.11 Å². The van der Waals surface area contributed by atoms with Gasteiger partial charge in [0, 0.05) is 16.2 Å². The largest absolute Gasteiger partial charge is 0.507 e. The van der Waals surface area contributed by atoms with E-state index in [1.165, 1.54) is 11.3 Å². The van der Waals surface area contributed by atoms with Gasteiger partial charge < -0.3 is 15.6 Å². The van der Waals surface area contributed by atoms with Crippen LogP contribution in [0.3, 0.4) is 0 Å². The molecule has 0 spiro atoms. The van der Waals surface area contributed by atoms with E-state index in [-0.39, 0.29) is 5.75 Å². The standard InChI is InChI=1S/C9H9NO2S/c1-12-5-2-7(11)6-4-9(10)13-8(6)3-5/h2-4,11H,10H2,1H3. The summed E-state index contributed by atoms with van der Waals surface area (Å²) in [6.07, 6.45) is 0. The van der Waals surface area contributed by atoms with Gasteiger partial charge in [-0.2, -0.15) is 0 Å². The van der Waals surface area contributed by atoms with Gasteiger partial charge >= 0.3 is 0 Å². The SMILES string of the molecule is COc1cc(O)c2cc(N)sc2c1. The summed E-state index contributed by atoms with van der Waals surface area (Å²) in [4.78, 5) is 0. The lowest BCUT2D eigenvalue weighted by Crippen LogP contribution is -1.80. The highest BCUT2D eigenvalue weighted by atomic mass is 32.1. The Hall–Kier alpha value is -1.42. The first-order valence-electron chi connectivity index (χ1n) is 3.76. The minimum absolute atomic E-state index is 0.210. The smallest absolute Gasteiger partial charge is 0.128 e. The monoisotopic (exact) mass is 195 g/mol. The van der Waals surface area contributed by atoms with Crippen LogP contribution in [0.4, 0.5) is 5.00 Å². The molecule has 3 N–H and O–H groups in total. The number of phenols is 1. The Morgan fingerprint density at radius 1 is 1.38 bits per heavy atom. The van der Waals surface area contributed by atoms with Gasteiger partial charge in [0.2, 0.25) is 0 Å². The lowest BCUT2D eigenvalue weighted by molar-refractivity contribution is 0.409. The van der Waals surface area contributed by atoms with Crippen LogP contribution in [0.25, 0.3) is 10.1 Å². The van der Waals surface area contributed by atoms with E-state index in [1.807, 2.05) is 6.07 Å². The Kier molecular flexibility index (Phi) is 1.77. The Balaban J connectivity index is 2.75. The van der Waals surface area contributed by atoms with E-state index in [1.54, 1.807) is 19.2 Å². The van der Waals surface area contributed by atoms with Crippen molar-refractivity contribution in [3.05, 3.63) is 18.2 Å². The first-order chi connectivity index (χ1) is 6.20.